The van der Waals surface area contributed by atoms with Crippen LogP contribution in [0.15, 0.2) is 83.7 Å². The average Bonchev–Trinajstić information content (AvgIpc) is 2.73. The first kappa shape index (κ1) is 31.1. The number of Topliss-reactive ketones (excluding diaryl/α,β-unsaturated/α-hetero) is 1. The van der Waals surface area contributed by atoms with E-state index in [4.69, 9.17) is 10.2 Å². The van der Waals surface area contributed by atoms with Crippen LogP contribution in [-0.4, -0.2) is 28.1 Å². The Kier molecular flexibility index (Phi) is 16.1. The van der Waals surface area contributed by atoms with Crippen molar-refractivity contribution < 1.29 is 19.8 Å². The molecule has 0 spiro atoms. The van der Waals surface area contributed by atoms with E-state index in [0.29, 0.717) is 12.0 Å². The summed E-state index contributed by atoms with van der Waals surface area (Å²) in [6, 6.07) is 13.7. The zero-order valence-electron chi connectivity index (χ0n) is 21.0. The van der Waals surface area contributed by atoms with Crippen LogP contribution in [0, 0.1) is 20.8 Å². The Bertz CT molecular complexity index is 936. The largest absolute Gasteiger partial charge is 0.478 e. The number of carboxylic acid groups (broad SMARTS) is 1. The van der Waals surface area contributed by atoms with Crippen LogP contribution >= 0.6 is 11.8 Å². The van der Waals surface area contributed by atoms with Crippen LogP contribution in [0.25, 0.3) is 0 Å². The third kappa shape index (κ3) is 13.6. The SMILES string of the molecule is C=CCCC=C(Sc1ccccc1)C(C)=O.C=CC[C@H](C)O.Cc1cc(C)c(C(=O)O)c(C)c1. The molecule has 0 unspecified atom stereocenters. The molecule has 0 fully saturated rings. The smallest absolute Gasteiger partial charge is 0.336 e. The molecule has 0 heterocycles. The molecule has 184 valence electrons. The lowest BCUT2D eigenvalue weighted by Gasteiger charge is -2.05. The van der Waals surface area contributed by atoms with Crippen LogP contribution in [0.1, 0.15) is 60.2 Å². The molecule has 4 nitrogen and oxygen atoms in total. The first-order chi connectivity index (χ1) is 16.0. The Morgan fingerprint density at radius 1 is 1.00 bits per heavy atom. The van der Waals surface area contributed by atoms with Gasteiger partial charge < -0.3 is 10.2 Å². The van der Waals surface area contributed by atoms with Crippen molar-refractivity contribution in [3.05, 3.63) is 101 Å². The summed E-state index contributed by atoms with van der Waals surface area (Å²) in [6.45, 7) is 16.1. The number of aliphatic hydroxyl groups is 1. The standard InChI is InChI=1S/C14H16OS.C10H12O2.C5H10O/c1-3-4-6-11-14(12(2)15)16-13-9-7-5-8-10-13;1-6-4-7(2)9(10(11)12)8(3)5-6;1-3-4-5(2)6/h3,5,7-11H,1,4,6H2,2H3;4-5H,1-3H3,(H,11,12);3,5-6H,1,4H2,2H3/t;;5-/m..0/s1. The maximum absolute atomic E-state index is 11.4. The third-order valence-corrected chi connectivity index (χ3v) is 5.60. The molecule has 0 saturated carbocycles. The van der Waals surface area contributed by atoms with Gasteiger partial charge in [-0.3, -0.25) is 4.79 Å². The molecular formula is C29H38O4S. The number of hydrogen-bond donors (Lipinski definition) is 2. The van der Waals surface area contributed by atoms with E-state index in [1.54, 1.807) is 19.9 Å². The van der Waals surface area contributed by atoms with E-state index in [1.165, 1.54) is 11.8 Å². The minimum Gasteiger partial charge on any atom is -0.478 e. The number of ketones is 1. The zero-order valence-corrected chi connectivity index (χ0v) is 21.8. The first-order valence-electron chi connectivity index (χ1n) is 11.2. The highest BCUT2D eigenvalue weighted by atomic mass is 32.2. The van der Waals surface area contributed by atoms with E-state index in [1.807, 2.05) is 75.4 Å². The number of aromatic carboxylic acids is 1. The maximum atomic E-state index is 11.4. The van der Waals surface area contributed by atoms with Crippen molar-refractivity contribution in [1.82, 2.24) is 0 Å². The number of rotatable bonds is 9. The van der Waals surface area contributed by atoms with Crippen molar-refractivity contribution in [2.24, 2.45) is 0 Å². The Labute approximate surface area is 209 Å². The van der Waals surface area contributed by atoms with E-state index < -0.39 is 5.97 Å². The van der Waals surface area contributed by atoms with Gasteiger partial charge in [-0.1, -0.05) is 65.9 Å². The predicted molar refractivity (Wildman–Crippen MR) is 145 cm³/mol. The molecule has 2 N–H and O–H groups in total. The van der Waals surface area contributed by atoms with E-state index in [9.17, 15) is 9.59 Å². The monoisotopic (exact) mass is 482 g/mol. The number of allylic oxidation sites excluding steroid dienone is 3. The Hall–Kier alpha value is -2.89. The molecule has 5 heteroatoms. The van der Waals surface area contributed by atoms with Crippen LogP contribution in [0.4, 0.5) is 0 Å². The summed E-state index contributed by atoms with van der Waals surface area (Å²) in [5.74, 6) is -0.720. The molecule has 2 rings (SSSR count). The van der Waals surface area contributed by atoms with E-state index >= 15 is 0 Å². The summed E-state index contributed by atoms with van der Waals surface area (Å²) in [5, 5.41) is 17.3. The van der Waals surface area contributed by atoms with Crippen molar-refractivity contribution in [3.63, 3.8) is 0 Å². The van der Waals surface area contributed by atoms with Gasteiger partial charge in [0.15, 0.2) is 5.78 Å². The van der Waals surface area contributed by atoms with E-state index in [0.717, 1.165) is 39.3 Å². The molecule has 2 aromatic rings. The highest BCUT2D eigenvalue weighted by Gasteiger charge is 2.10. The number of carbonyl (C=O) groups is 2. The van der Waals surface area contributed by atoms with Crippen LogP contribution in [0.5, 0.6) is 0 Å². The van der Waals surface area contributed by atoms with Gasteiger partial charge in [-0.05, 0) is 77.1 Å². The van der Waals surface area contributed by atoms with Crippen LogP contribution < -0.4 is 0 Å². The van der Waals surface area contributed by atoms with Crippen LogP contribution in [-0.2, 0) is 4.79 Å². The third-order valence-electron chi connectivity index (χ3n) is 4.42. The highest BCUT2D eigenvalue weighted by Crippen LogP contribution is 2.27. The van der Waals surface area contributed by atoms with Gasteiger partial charge in [0.2, 0.25) is 0 Å². The molecule has 0 bridgehead atoms. The van der Waals surface area contributed by atoms with Gasteiger partial charge in [-0.2, -0.15) is 0 Å². The second kappa shape index (κ2) is 17.6. The molecule has 0 aliphatic carbocycles. The van der Waals surface area contributed by atoms with Gasteiger partial charge in [0, 0.05) is 4.90 Å². The van der Waals surface area contributed by atoms with Crippen molar-refractivity contribution in [2.75, 3.05) is 0 Å². The maximum Gasteiger partial charge on any atom is 0.336 e. The minimum atomic E-state index is -0.843. The van der Waals surface area contributed by atoms with E-state index in [2.05, 4.69) is 13.2 Å². The predicted octanol–water partition coefficient (Wildman–Crippen LogP) is 7.47. The van der Waals surface area contributed by atoms with Gasteiger partial charge in [0.25, 0.3) is 0 Å². The summed E-state index contributed by atoms with van der Waals surface area (Å²) < 4.78 is 0. The Morgan fingerprint density at radius 3 is 1.94 bits per heavy atom. The van der Waals surface area contributed by atoms with Crippen LogP contribution in [0.2, 0.25) is 0 Å². The molecule has 2 aromatic carbocycles. The molecule has 0 aliphatic rings. The van der Waals surface area contributed by atoms with Gasteiger partial charge in [0.1, 0.15) is 0 Å². The van der Waals surface area contributed by atoms with Gasteiger partial charge >= 0.3 is 5.97 Å². The number of unbranched alkanes of at least 4 members (excludes halogenated alkanes) is 1. The number of carbonyl (C=O) groups excluding carboxylic acids is 1. The molecular weight excluding hydrogens is 444 g/mol. The summed E-state index contributed by atoms with van der Waals surface area (Å²) in [4.78, 5) is 24.1. The fourth-order valence-corrected chi connectivity index (χ4v) is 3.86. The first-order valence-corrected chi connectivity index (χ1v) is 12.0. The van der Waals surface area contributed by atoms with Crippen molar-refractivity contribution in [1.29, 1.82) is 0 Å². The second-order valence-electron chi connectivity index (χ2n) is 7.86. The summed E-state index contributed by atoms with van der Waals surface area (Å²) in [5.41, 5.74) is 3.20. The molecule has 1 atom stereocenters. The topological polar surface area (TPSA) is 74.6 Å². The van der Waals surface area contributed by atoms with E-state index in [-0.39, 0.29) is 11.9 Å². The second-order valence-corrected chi connectivity index (χ2v) is 8.97. The minimum absolute atomic E-state index is 0.123. The van der Waals surface area contributed by atoms with Crippen molar-refractivity contribution >= 4 is 23.5 Å². The van der Waals surface area contributed by atoms with Crippen molar-refractivity contribution in [2.45, 2.75) is 64.9 Å². The Balaban J connectivity index is 0.000000532. The fraction of sp³-hybridized carbons (Fsp3) is 0.310. The molecule has 0 saturated heterocycles. The lowest BCUT2D eigenvalue weighted by molar-refractivity contribution is -0.113. The quantitative estimate of drug-likeness (QED) is 0.168. The molecule has 0 radical (unpaired) electrons. The number of hydrogen-bond acceptors (Lipinski definition) is 4. The average molecular weight is 483 g/mol. The zero-order chi connectivity index (χ0) is 26.1. The molecule has 0 amide bonds. The summed E-state index contributed by atoms with van der Waals surface area (Å²) >= 11 is 1.52. The van der Waals surface area contributed by atoms with Crippen LogP contribution in [0.3, 0.4) is 0 Å². The number of thioether (sulfide) groups is 1. The fourth-order valence-electron chi connectivity index (χ4n) is 2.96. The van der Waals surface area contributed by atoms with Gasteiger partial charge in [-0.15, -0.1) is 13.2 Å². The Morgan fingerprint density at radius 2 is 1.56 bits per heavy atom. The molecule has 34 heavy (non-hydrogen) atoms. The number of aliphatic hydroxyl groups excluding tert-OH is 1. The number of aryl methyl sites for hydroxylation is 3. The normalized spacial score (nSPS) is 11.2. The molecule has 0 aromatic heterocycles. The lowest BCUT2D eigenvalue weighted by atomic mass is 10.0. The molecule has 0 aliphatic heterocycles. The lowest BCUT2D eigenvalue weighted by Crippen LogP contribution is -2.03. The van der Waals surface area contributed by atoms with Gasteiger partial charge in [0.05, 0.1) is 16.6 Å². The van der Waals surface area contributed by atoms with Crippen molar-refractivity contribution in [3.8, 4) is 0 Å². The number of carboxylic acids is 1. The van der Waals surface area contributed by atoms with Gasteiger partial charge in [-0.25, -0.2) is 4.79 Å². The number of benzene rings is 2. The highest BCUT2D eigenvalue weighted by molar-refractivity contribution is 8.04. The summed E-state index contributed by atoms with van der Waals surface area (Å²) in [7, 11) is 0. The summed E-state index contributed by atoms with van der Waals surface area (Å²) in [6.07, 6.45) is 7.81.